The van der Waals surface area contributed by atoms with Crippen molar-refractivity contribution in [3.8, 4) is 5.75 Å². The van der Waals surface area contributed by atoms with E-state index in [2.05, 4.69) is 5.32 Å². The maximum Gasteiger partial charge on any atom is 0.123 e. The molecule has 0 saturated carbocycles. The molecule has 0 aliphatic carbocycles. The number of likely N-dealkylation sites (N-methyl/N-ethyl adjacent to an activating group) is 1. The highest BCUT2D eigenvalue weighted by molar-refractivity contribution is 5.91. The summed E-state index contributed by atoms with van der Waals surface area (Å²) in [5.74, 6) is 0.246. The van der Waals surface area contributed by atoms with Gasteiger partial charge in [-0.1, -0.05) is 30.3 Å². The Kier molecular flexibility index (Phi) is 3.08. The molecule has 3 N–H and O–H groups in total. The van der Waals surface area contributed by atoms with Crippen LogP contribution in [0.3, 0.4) is 0 Å². The Morgan fingerprint density at radius 2 is 1.81 bits per heavy atom. The Morgan fingerprint density at radius 3 is 2.50 bits per heavy atom. The highest BCUT2D eigenvalue weighted by Crippen LogP contribution is 2.30. The summed E-state index contributed by atoms with van der Waals surface area (Å²) in [4.78, 5) is 0. The topological polar surface area (TPSA) is 52.5 Å². The number of hydrogen-bond acceptors (Lipinski definition) is 3. The van der Waals surface area contributed by atoms with Crippen LogP contribution in [0.2, 0.25) is 0 Å². The Morgan fingerprint density at radius 1 is 1.12 bits per heavy atom. The van der Waals surface area contributed by atoms with Crippen LogP contribution in [0.5, 0.6) is 5.75 Å². The van der Waals surface area contributed by atoms with Crippen molar-refractivity contribution in [2.75, 3.05) is 13.6 Å². The van der Waals surface area contributed by atoms with Crippen LogP contribution >= 0.6 is 0 Å². The molecule has 84 valence electrons. The lowest BCUT2D eigenvalue weighted by Crippen LogP contribution is -2.16. The predicted octanol–water partition coefficient (Wildman–Crippen LogP) is 1.80. The highest BCUT2D eigenvalue weighted by Gasteiger charge is 2.11. The number of fused-ring (bicyclic) bond motifs is 1. The van der Waals surface area contributed by atoms with Crippen molar-refractivity contribution in [1.29, 1.82) is 0 Å². The van der Waals surface area contributed by atoms with Gasteiger partial charge in [-0.2, -0.15) is 0 Å². The Hall–Kier alpha value is -1.58. The van der Waals surface area contributed by atoms with Gasteiger partial charge in [-0.15, -0.1) is 0 Å². The zero-order valence-corrected chi connectivity index (χ0v) is 9.14. The average Bonchev–Trinajstić information content (AvgIpc) is 2.30. The minimum atomic E-state index is -0.560. The van der Waals surface area contributed by atoms with Gasteiger partial charge >= 0.3 is 0 Å². The van der Waals surface area contributed by atoms with E-state index in [-0.39, 0.29) is 5.75 Å². The van der Waals surface area contributed by atoms with E-state index in [9.17, 15) is 10.2 Å². The minimum Gasteiger partial charge on any atom is -0.507 e. The largest absolute Gasteiger partial charge is 0.507 e. The second-order valence-electron chi connectivity index (χ2n) is 3.79. The first kappa shape index (κ1) is 10.9. The first-order valence-corrected chi connectivity index (χ1v) is 5.27. The molecule has 0 aliphatic heterocycles. The zero-order valence-electron chi connectivity index (χ0n) is 9.14. The molecule has 0 spiro atoms. The van der Waals surface area contributed by atoms with Gasteiger partial charge in [0.2, 0.25) is 0 Å². The molecule has 1 atom stereocenters. The number of benzene rings is 2. The Bertz CT molecular complexity index is 496. The van der Waals surface area contributed by atoms with Gasteiger partial charge < -0.3 is 15.5 Å². The van der Waals surface area contributed by atoms with Crippen molar-refractivity contribution in [3.05, 3.63) is 42.0 Å². The van der Waals surface area contributed by atoms with Gasteiger partial charge in [0, 0.05) is 11.9 Å². The molecule has 0 fully saturated rings. The van der Waals surface area contributed by atoms with Gasteiger partial charge in [-0.05, 0) is 24.1 Å². The molecule has 0 aromatic heterocycles. The SMILES string of the molecule is CNCC(O)c1ccc(O)c2ccccc12. The molecule has 0 saturated heterocycles. The Balaban J connectivity index is 2.58. The molecular weight excluding hydrogens is 202 g/mol. The standard InChI is InChI=1S/C13H15NO2/c1-14-8-13(16)11-6-7-12(15)10-5-3-2-4-9(10)11/h2-7,13-16H,8H2,1H3. The summed E-state index contributed by atoms with van der Waals surface area (Å²) >= 11 is 0. The van der Waals surface area contributed by atoms with Crippen molar-refractivity contribution in [3.63, 3.8) is 0 Å². The van der Waals surface area contributed by atoms with Crippen molar-refractivity contribution < 1.29 is 10.2 Å². The van der Waals surface area contributed by atoms with E-state index in [0.717, 1.165) is 16.3 Å². The zero-order chi connectivity index (χ0) is 11.5. The molecule has 0 amide bonds. The van der Waals surface area contributed by atoms with E-state index >= 15 is 0 Å². The molecule has 2 aromatic rings. The smallest absolute Gasteiger partial charge is 0.123 e. The van der Waals surface area contributed by atoms with Crippen molar-refractivity contribution in [2.24, 2.45) is 0 Å². The number of aliphatic hydroxyl groups is 1. The summed E-state index contributed by atoms with van der Waals surface area (Å²) in [5.41, 5.74) is 0.836. The third kappa shape index (κ3) is 1.87. The van der Waals surface area contributed by atoms with Gasteiger partial charge in [-0.25, -0.2) is 0 Å². The summed E-state index contributed by atoms with van der Waals surface area (Å²) in [6, 6.07) is 10.9. The van der Waals surface area contributed by atoms with Crippen LogP contribution in [0.15, 0.2) is 36.4 Å². The lowest BCUT2D eigenvalue weighted by molar-refractivity contribution is 0.179. The number of aliphatic hydroxyl groups excluding tert-OH is 1. The fraction of sp³-hybridized carbons (Fsp3) is 0.231. The number of rotatable bonds is 3. The molecule has 3 nitrogen and oxygen atoms in total. The highest BCUT2D eigenvalue weighted by atomic mass is 16.3. The fourth-order valence-corrected chi connectivity index (χ4v) is 1.90. The molecule has 0 heterocycles. The predicted molar refractivity (Wildman–Crippen MR) is 64.5 cm³/mol. The van der Waals surface area contributed by atoms with Crippen molar-refractivity contribution >= 4 is 10.8 Å². The van der Waals surface area contributed by atoms with Gasteiger partial charge in [0.15, 0.2) is 0 Å². The first-order chi connectivity index (χ1) is 7.74. The lowest BCUT2D eigenvalue weighted by Gasteiger charge is -2.13. The van der Waals surface area contributed by atoms with Crippen LogP contribution < -0.4 is 5.32 Å². The molecule has 1 unspecified atom stereocenters. The molecule has 3 heteroatoms. The monoisotopic (exact) mass is 217 g/mol. The molecule has 0 bridgehead atoms. The molecule has 0 aliphatic rings. The number of phenolic OH excluding ortho intramolecular Hbond substituents is 1. The van der Waals surface area contributed by atoms with Crippen LogP contribution in [0, 0.1) is 0 Å². The summed E-state index contributed by atoms with van der Waals surface area (Å²) < 4.78 is 0. The number of aromatic hydroxyl groups is 1. The number of nitrogens with one attached hydrogen (secondary N) is 1. The number of hydrogen-bond donors (Lipinski definition) is 3. The third-order valence-electron chi connectivity index (χ3n) is 2.69. The van der Waals surface area contributed by atoms with Crippen molar-refractivity contribution in [2.45, 2.75) is 6.10 Å². The van der Waals surface area contributed by atoms with Crippen LogP contribution in [-0.4, -0.2) is 23.8 Å². The van der Waals surface area contributed by atoms with E-state index in [4.69, 9.17) is 0 Å². The average molecular weight is 217 g/mol. The molecule has 2 aromatic carbocycles. The van der Waals surface area contributed by atoms with Crippen LogP contribution in [0.1, 0.15) is 11.7 Å². The van der Waals surface area contributed by atoms with Crippen LogP contribution in [0.4, 0.5) is 0 Å². The third-order valence-corrected chi connectivity index (χ3v) is 2.69. The summed E-state index contributed by atoms with van der Waals surface area (Å²) in [6.45, 7) is 0.495. The fourth-order valence-electron chi connectivity index (χ4n) is 1.90. The van der Waals surface area contributed by atoms with E-state index in [1.165, 1.54) is 0 Å². The molecule has 0 radical (unpaired) electrons. The van der Waals surface area contributed by atoms with Crippen molar-refractivity contribution in [1.82, 2.24) is 5.32 Å². The molecule has 2 rings (SSSR count). The number of phenols is 1. The molecular formula is C13H15NO2. The maximum absolute atomic E-state index is 9.97. The van der Waals surface area contributed by atoms with E-state index in [1.807, 2.05) is 24.3 Å². The van der Waals surface area contributed by atoms with E-state index < -0.39 is 6.10 Å². The maximum atomic E-state index is 9.97. The van der Waals surface area contributed by atoms with Gasteiger partial charge in [0.1, 0.15) is 5.75 Å². The van der Waals surface area contributed by atoms with E-state index in [1.54, 1.807) is 19.2 Å². The van der Waals surface area contributed by atoms with Crippen LogP contribution in [-0.2, 0) is 0 Å². The van der Waals surface area contributed by atoms with Gasteiger partial charge in [0.25, 0.3) is 0 Å². The summed E-state index contributed by atoms with van der Waals surface area (Å²) in [6.07, 6.45) is -0.560. The Labute approximate surface area is 94.3 Å². The normalized spacial score (nSPS) is 12.9. The summed E-state index contributed by atoms with van der Waals surface area (Å²) in [7, 11) is 1.80. The van der Waals surface area contributed by atoms with Crippen LogP contribution in [0.25, 0.3) is 10.8 Å². The second-order valence-corrected chi connectivity index (χ2v) is 3.79. The van der Waals surface area contributed by atoms with Gasteiger partial charge in [0.05, 0.1) is 6.10 Å². The van der Waals surface area contributed by atoms with E-state index in [0.29, 0.717) is 6.54 Å². The minimum absolute atomic E-state index is 0.246. The van der Waals surface area contributed by atoms with Gasteiger partial charge in [-0.3, -0.25) is 0 Å². The first-order valence-electron chi connectivity index (χ1n) is 5.27. The summed E-state index contributed by atoms with van der Waals surface area (Å²) in [5, 5.41) is 24.3. The lowest BCUT2D eigenvalue weighted by atomic mass is 9.99. The quantitative estimate of drug-likeness (QED) is 0.734. The second kappa shape index (κ2) is 4.51. The molecule has 16 heavy (non-hydrogen) atoms.